The van der Waals surface area contributed by atoms with Crippen LogP contribution in [0.5, 0.6) is 0 Å². The van der Waals surface area contributed by atoms with Crippen molar-refractivity contribution >= 4 is 17.5 Å². The second-order valence-electron chi connectivity index (χ2n) is 5.95. The molecule has 0 fully saturated rings. The lowest BCUT2D eigenvalue weighted by molar-refractivity contribution is 0.0749. The van der Waals surface area contributed by atoms with Gasteiger partial charge in [-0.2, -0.15) is 0 Å². The van der Waals surface area contributed by atoms with E-state index >= 15 is 0 Å². The first-order valence-electron chi connectivity index (χ1n) is 8.52. The summed E-state index contributed by atoms with van der Waals surface area (Å²) in [5.74, 6) is 0.428. The number of carbonyl (C=O) groups excluding carboxylic acids is 1. The van der Waals surface area contributed by atoms with Crippen LogP contribution in [-0.4, -0.2) is 33.9 Å². The maximum atomic E-state index is 12.8. The zero-order valence-electron chi connectivity index (χ0n) is 15.0. The lowest BCUT2D eigenvalue weighted by Gasteiger charge is -2.21. The summed E-state index contributed by atoms with van der Waals surface area (Å²) < 4.78 is 0. The Kier molecular flexibility index (Phi) is 6.29. The molecule has 0 unspecified atom stereocenters. The van der Waals surface area contributed by atoms with Gasteiger partial charge < -0.3 is 10.2 Å². The number of carbonyl (C=O) groups is 1. The molecule has 0 atom stereocenters. The van der Waals surface area contributed by atoms with Crippen molar-refractivity contribution in [1.29, 1.82) is 0 Å². The number of nitrogens with one attached hydrogen (secondary N) is 1. The molecule has 2 rings (SSSR count). The molecule has 1 heterocycles. The van der Waals surface area contributed by atoms with Crippen LogP contribution in [0.1, 0.15) is 48.4 Å². The average molecular weight is 326 g/mol. The van der Waals surface area contributed by atoms with E-state index in [1.54, 1.807) is 6.07 Å². The molecule has 0 saturated carbocycles. The van der Waals surface area contributed by atoms with Gasteiger partial charge >= 0.3 is 0 Å². The van der Waals surface area contributed by atoms with Crippen LogP contribution in [0.4, 0.5) is 11.6 Å². The topological polar surface area (TPSA) is 58.1 Å². The molecule has 0 bridgehead atoms. The van der Waals surface area contributed by atoms with E-state index in [4.69, 9.17) is 0 Å². The van der Waals surface area contributed by atoms with Crippen LogP contribution in [0, 0.1) is 13.8 Å². The first-order chi connectivity index (χ1) is 11.5. The summed E-state index contributed by atoms with van der Waals surface area (Å²) in [5.41, 5.74) is 3.27. The van der Waals surface area contributed by atoms with Gasteiger partial charge in [-0.15, -0.1) is 0 Å². The second kappa shape index (κ2) is 8.43. The minimum atomic E-state index is -0.0305. The molecule has 128 valence electrons. The van der Waals surface area contributed by atoms with Crippen LogP contribution in [-0.2, 0) is 0 Å². The Morgan fingerprint density at radius 3 is 2.38 bits per heavy atom. The Morgan fingerprint density at radius 1 is 1.08 bits per heavy atom. The highest BCUT2D eigenvalue weighted by atomic mass is 16.2. The summed E-state index contributed by atoms with van der Waals surface area (Å²) in [6.45, 7) is 9.55. The molecule has 0 aliphatic rings. The predicted octanol–water partition coefficient (Wildman–Crippen LogP) is 4.10. The molecule has 1 aromatic heterocycles. The Hall–Kier alpha value is -2.43. The Bertz CT molecular complexity index is 694. The van der Waals surface area contributed by atoms with Crippen molar-refractivity contribution < 1.29 is 4.79 Å². The van der Waals surface area contributed by atoms with Gasteiger partial charge in [-0.25, -0.2) is 9.97 Å². The molecule has 1 amide bonds. The Balaban J connectivity index is 2.27. The zero-order chi connectivity index (χ0) is 17.5. The van der Waals surface area contributed by atoms with E-state index in [0.717, 1.165) is 42.9 Å². The molecule has 5 nitrogen and oxygen atoms in total. The van der Waals surface area contributed by atoms with E-state index in [-0.39, 0.29) is 5.91 Å². The van der Waals surface area contributed by atoms with E-state index in [9.17, 15) is 4.79 Å². The molecule has 24 heavy (non-hydrogen) atoms. The number of benzene rings is 1. The van der Waals surface area contributed by atoms with Gasteiger partial charge in [0.15, 0.2) is 0 Å². The number of aryl methyl sites for hydroxylation is 2. The molecule has 0 spiro atoms. The average Bonchev–Trinajstić information content (AvgIpc) is 2.55. The van der Waals surface area contributed by atoms with Crippen molar-refractivity contribution in [2.45, 2.75) is 40.5 Å². The van der Waals surface area contributed by atoms with Gasteiger partial charge in [0.25, 0.3) is 5.91 Å². The van der Waals surface area contributed by atoms with Crippen LogP contribution < -0.4 is 5.32 Å². The zero-order valence-corrected chi connectivity index (χ0v) is 15.0. The van der Waals surface area contributed by atoms with E-state index in [1.165, 1.54) is 0 Å². The first-order valence-corrected chi connectivity index (χ1v) is 8.52. The lowest BCUT2D eigenvalue weighted by Crippen LogP contribution is -2.33. The number of aromatic nitrogens is 2. The summed E-state index contributed by atoms with van der Waals surface area (Å²) in [6, 6.07) is 9.70. The fraction of sp³-hybridized carbons (Fsp3) is 0.421. The molecule has 5 heteroatoms. The minimum Gasteiger partial charge on any atom is -0.337 e. The monoisotopic (exact) mass is 326 g/mol. The predicted molar refractivity (Wildman–Crippen MR) is 97.7 cm³/mol. The fourth-order valence-corrected chi connectivity index (χ4v) is 2.58. The number of hydrogen-bond donors (Lipinski definition) is 1. The number of nitrogens with zero attached hydrogens (tertiary/aromatic N) is 3. The maximum absolute atomic E-state index is 12.8. The summed E-state index contributed by atoms with van der Waals surface area (Å²) >= 11 is 0. The molecular formula is C19H26N4O. The van der Waals surface area contributed by atoms with Crippen molar-refractivity contribution in [3.05, 3.63) is 47.3 Å². The SMILES string of the molecule is CCCN(CCC)C(=O)c1cc(C)nc(Nc2ccccc2C)n1. The third kappa shape index (κ3) is 4.54. The molecule has 1 aromatic carbocycles. The summed E-state index contributed by atoms with van der Waals surface area (Å²) in [6.07, 6.45) is 1.87. The van der Waals surface area contributed by atoms with E-state index in [2.05, 4.69) is 29.1 Å². The third-order valence-electron chi connectivity index (χ3n) is 3.74. The summed E-state index contributed by atoms with van der Waals surface area (Å²) in [4.78, 5) is 23.5. The highest BCUT2D eigenvalue weighted by Crippen LogP contribution is 2.18. The van der Waals surface area contributed by atoms with E-state index in [0.29, 0.717) is 11.6 Å². The summed E-state index contributed by atoms with van der Waals surface area (Å²) in [5, 5.41) is 3.22. The van der Waals surface area contributed by atoms with Crippen LogP contribution in [0.25, 0.3) is 0 Å². The number of hydrogen-bond acceptors (Lipinski definition) is 4. The first kappa shape index (κ1) is 17.9. The van der Waals surface area contributed by atoms with Crippen LogP contribution >= 0.6 is 0 Å². The highest BCUT2D eigenvalue weighted by molar-refractivity contribution is 5.92. The number of amides is 1. The van der Waals surface area contributed by atoms with Gasteiger partial charge in [0, 0.05) is 24.5 Å². The van der Waals surface area contributed by atoms with Crippen molar-refractivity contribution in [2.24, 2.45) is 0 Å². The third-order valence-corrected chi connectivity index (χ3v) is 3.74. The van der Waals surface area contributed by atoms with Gasteiger partial charge in [0.1, 0.15) is 5.69 Å². The second-order valence-corrected chi connectivity index (χ2v) is 5.95. The van der Waals surface area contributed by atoms with Gasteiger partial charge in [-0.05, 0) is 44.4 Å². The largest absolute Gasteiger partial charge is 0.337 e. The summed E-state index contributed by atoms with van der Waals surface area (Å²) in [7, 11) is 0. The smallest absolute Gasteiger partial charge is 0.272 e. The number of para-hydroxylation sites is 1. The van der Waals surface area contributed by atoms with Crippen molar-refractivity contribution in [1.82, 2.24) is 14.9 Å². The molecule has 0 aliphatic heterocycles. The molecule has 0 saturated heterocycles. The van der Waals surface area contributed by atoms with Gasteiger partial charge in [0.05, 0.1) is 0 Å². The van der Waals surface area contributed by atoms with Crippen LogP contribution in [0.2, 0.25) is 0 Å². The molecule has 2 aromatic rings. The molecule has 0 aliphatic carbocycles. The van der Waals surface area contributed by atoms with Crippen molar-refractivity contribution in [3.63, 3.8) is 0 Å². The van der Waals surface area contributed by atoms with Gasteiger partial charge in [0.2, 0.25) is 5.95 Å². The Labute approximate surface area is 144 Å². The Morgan fingerprint density at radius 2 is 1.75 bits per heavy atom. The lowest BCUT2D eigenvalue weighted by atomic mass is 10.2. The quantitative estimate of drug-likeness (QED) is 0.832. The molecule has 1 N–H and O–H groups in total. The molecular weight excluding hydrogens is 300 g/mol. The minimum absolute atomic E-state index is 0.0305. The van der Waals surface area contributed by atoms with Gasteiger partial charge in [-0.3, -0.25) is 4.79 Å². The number of anilines is 2. The number of rotatable bonds is 7. The van der Waals surface area contributed by atoms with Crippen molar-refractivity contribution in [2.75, 3.05) is 18.4 Å². The highest BCUT2D eigenvalue weighted by Gasteiger charge is 2.17. The fourth-order valence-electron chi connectivity index (χ4n) is 2.58. The van der Waals surface area contributed by atoms with E-state index < -0.39 is 0 Å². The van der Waals surface area contributed by atoms with E-state index in [1.807, 2.05) is 43.0 Å². The van der Waals surface area contributed by atoms with Crippen LogP contribution in [0.15, 0.2) is 30.3 Å². The normalized spacial score (nSPS) is 10.5. The molecule has 0 radical (unpaired) electrons. The maximum Gasteiger partial charge on any atom is 0.272 e. The van der Waals surface area contributed by atoms with Crippen molar-refractivity contribution in [3.8, 4) is 0 Å². The van der Waals surface area contributed by atoms with Gasteiger partial charge in [-0.1, -0.05) is 32.0 Å². The van der Waals surface area contributed by atoms with Crippen LogP contribution in [0.3, 0.4) is 0 Å². The standard InChI is InChI=1S/C19H26N4O/c1-5-11-23(12-6-2)18(24)17-13-15(4)20-19(22-17)21-16-10-8-7-9-14(16)3/h7-10,13H,5-6,11-12H2,1-4H3,(H,20,21,22).